The third-order valence-corrected chi connectivity index (χ3v) is 10.9. The second-order valence-electron chi connectivity index (χ2n) is 13.7. The van der Waals surface area contributed by atoms with Crippen LogP contribution in [0.3, 0.4) is 0 Å². The van der Waals surface area contributed by atoms with E-state index in [2.05, 4.69) is 39.1 Å². The van der Waals surface area contributed by atoms with E-state index in [1.807, 2.05) is 19.9 Å². The number of hydrogen-bond donors (Lipinski definition) is 3. The Morgan fingerprint density at radius 2 is 1.82 bits per heavy atom. The van der Waals surface area contributed by atoms with Gasteiger partial charge in [-0.1, -0.05) is 44.1 Å². The number of allylic oxidation sites excluding steroid dienone is 4. The molecular formula is C32H43NO7. The Bertz CT molecular complexity index is 1230. The lowest BCUT2D eigenvalue weighted by molar-refractivity contribution is -0.164. The molecule has 1 spiro atoms. The summed E-state index contributed by atoms with van der Waals surface area (Å²) in [5.74, 6) is -4.26. The lowest BCUT2D eigenvalue weighted by atomic mass is 9.50. The van der Waals surface area contributed by atoms with Crippen LogP contribution in [0.1, 0.15) is 60.8 Å². The Hall–Kier alpha value is -2.13. The molecule has 6 aliphatic rings. The molecule has 218 valence electrons. The normalized spacial score (nSPS) is 48.0. The van der Waals surface area contributed by atoms with E-state index in [4.69, 9.17) is 9.47 Å². The summed E-state index contributed by atoms with van der Waals surface area (Å²) in [5.41, 5.74) is 1.82. The van der Waals surface area contributed by atoms with Crippen molar-refractivity contribution in [3.05, 3.63) is 34.4 Å². The van der Waals surface area contributed by atoms with Crippen molar-refractivity contribution >= 4 is 17.5 Å². The predicted molar refractivity (Wildman–Crippen MR) is 147 cm³/mol. The van der Waals surface area contributed by atoms with Crippen LogP contribution in [-0.2, 0) is 23.9 Å². The zero-order valence-electron chi connectivity index (χ0n) is 24.3. The largest absolute Gasteiger partial charge is 0.390 e. The molecule has 0 radical (unpaired) electrons. The number of rotatable bonds is 2. The Morgan fingerprint density at radius 1 is 1.10 bits per heavy atom. The summed E-state index contributed by atoms with van der Waals surface area (Å²) < 4.78 is 12.3. The van der Waals surface area contributed by atoms with Crippen molar-refractivity contribution in [1.82, 2.24) is 5.32 Å². The molecule has 6 rings (SSSR count). The summed E-state index contributed by atoms with van der Waals surface area (Å²) in [6.45, 7) is 12.3. The minimum Gasteiger partial charge on any atom is -0.390 e. The third kappa shape index (κ3) is 3.75. The van der Waals surface area contributed by atoms with Crippen LogP contribution in [0.25, 0.3) is 0 Å². The van der Waals surface area contributed by atoms with E-state index in [0.717, 1.165) is 23.1 Å². The first-order valence-electron chi connectivity index (χ1n) is 15.0. The fraction of sp³-hybridized carbons (Fsp3) is 0.719. The molecule has 3 aliphatic heterocycles. The summed E-state index contributed by atoms with van der Waals surface area (Å²) >= 11 is 0. The van der Waals surface area contributed by atoms with Crippen molar-refractivity contribution < 1.29 is 34.1 Å². The van der Waals surface area contributed by atoms with Gasteiger partial charge in [0.1, 0.15) is 11.5 Å². The van der Waals surface area contributed by atoms with Crippen molar-refractivity contribution in [2.24, 2.45) is 46.8 Å². The third-order valence-electron chi connectivity index (χ3n) is 10.9. The molecule has 8 nitrogen and oxygen atoms in total. The first kappa shape index (κ1) is 28.0. The van der Waals surface area contributed by atoms with E-state index in [1.165, 1.54) is 0 Å². The predicted octanol–water partition coefficient (Wildman–Crippen LogP) is 2.88. The molecule has 0 aromatic heterocycles. The van der Waals surface area contributed by atoms with E-state index < -0.39 is 65.3 Å². The topological polar surface area (TPSA) is 122 Å². The highest BCUT2D eigenvalue weighted by Crippen LogP contribution is 2.60. The van der Waals surface area contributed by atoms with Crippen LogP contribution in [-0.4, -0.2) is 64.9 Å². The van der Waals surface area contributed by atoms with Gasteiger partial charge < -0.3 is 25.0 Å². The fourth-order valence-electron chi connectivity index (χ4n) is 9.11. The summed E-state index contributed by atoms with van der Waals surface area (Å²) in [6.07, 6.45) is 1.65. The molecule has 0 aromatic rings. The number of aliphatic hydroxyl groups is 2. The molecule has 8 heteroatoms. The van der Waals surface area contributed by atoms with Crippen LogP contribution in [0.4, 0.5) is 0 Å². The SMILES string of the molecule is CC1=C[C@@H]2/C=C(\C)CC[C@H](O)[C@H]3O[C@H]4OCC(C)=C5C(=O)[C@@H](O)[C@H](C(=O)[C@]26C(=O)N[C@@H](CC(C)C)[C@@H]6[C@@H]1C)[C@@H]3[C@H]54. The van der Waals surface area contributed by atoms with Crippen LogP contribution < -0.4 is 5.32 Å². The number of hydrogen-bond acceptors (Lipinski definition) is 7. The van der Waals surface area contributed by atoms with E-state index in [9.17, 15) is 19.8 Å². The van der Waals surface area contributed by atoms with Crippen molar-refractivity contribution in [1.29, 1.82) is 0 Å². The van der Waals surface area contributed by atoms with Gasteiger partial charge in [-0.3, -0.25) is 14.4 Å². The monoisotopic (exact) mass is 553 g/mol. The molecule has 3 heterocycles. The van der Waals surface area contributed by atoms with Gasteiger partial charge >= 0.3 is 0 Å². The summed E-state index contributed by atoms with van der Waals surface area (Å²) in [5, 5.41) is 26.3. The smallest absolute Gasteiger partial charge is 0.235 e. The maximum Gasteiger partial charge on any atom is 0.235 e. The maximum atomic E-state index is 15.3. The molecule has 1 saturated carbocycles. The lowest BCUT2D eigenvalue weighted by Gasteiger charge is -2.49. The summed E-state index contributed by atoms with van der Waals surface area (Å²) in [6, 6.07) is -0.211. The molecule has 0 bridgehead atoms. The molecule has 3 fully saturated rings. The highest BCUT2D eigenvalue weighted by Gasteiger charge is 2.71. The highest BCUT2D eigenvalue weighted by molar-refractivity contribution is 6.13. The van der Waals surface area contributed by atoms with Gasteiger partial charge in [0, 0.05) is 35.3 Å². The van der Waals surface area contributed by atoms with Gasteiger partial charge in [0.2, 0.25) is 5.91 Å². The van der Waals surface area contributed by atoms with E-state index >= 15 is 4.79 Å². The number of aliphatic hydroxyl groups excluding tert-OH is 2. The minimum atomic E-state index is -1.62. The van der Waals surface area contributed by atoms with Gasteiger partial charge in [0.05, 0.1) is 24.7 Å². The van der Waals surface area contributed by atoms with Gasteiger partial charge in [0.15, 0.2) is 17.9 Å². The Labute approximate surface area is 236 Å². The molecule has 1 amide bonds. The fourth-order valence-corrected chi connectivity index (χ4v) is 9.11. The number of ether oxygens (including phenoxy) is 2. The molecule has 12 atom stereocenters. The summed E-state index contributed by atoms with van der Waals surface area (Å²) in [7, 11) is 0. The van der Waals surface area contributed by atoms with Crippen LogP contribution in [0.5, 0.6) is 0 Å². The standard InChI is InChI=1S/C32H43NO7/c1-13(2)9-19-25-17(6)15(4)11-18-10-14(3)7-8-20(34)28-22-23-21(16(5)12-39-30(23)40-28)26(35)27(36)24(22)29(37)32(18,25)31(38)33-19/h10-11,13,17-20,22-25,27-28,30,34,36H,7-9,12H2,1-6H3,(H,33,38)/b14-10+/t17-,18+,19+,20+,22+,23+,24-,25+,27+,28-,30-,32+/m1/s1. The van der Waals surface area contributed by atoms with Gasteiger partial charge in [-0.2, -0.15) is 0 Å². The lowest BCUT2D eigenvalue weighted by Crippen LogP contribution is -2.61. The number of nitrogens with one attached hydrogen (secondary N) is 1. The second-order valence-corrected chi connectivity index (χ2v) is 13.7. The first-order chi connectivity index (χ1) is 18.9. The second kappa shape index (κ2) is 9.72. The summed E-state index contributed by atoms with van der Waals surface area (Å²) in [4.78, 5) is 43.4. The van der Waals surface area contributed by atoms with E-state index in [0.29, 0.717) is 24.3 Å². The van der Waals surface area contributed by atoms with Crippen molar-refractivity contribution in [3.8, 4) is 0 Å². The average Bonchev–Trinajstić information content (AvgIpc) is 3.40. The zero-order valence-corrected chi connectivity index (χ0v) is 24.3. The van der Waals surface area contributed by atoms with Crippen molar-refractivity contribution in [2.45, 2.75) is 91.4 Å². The number of carbonyl (C=O) groups excluding carboxylic acids is 3. The van der Waals surface area contributed by atoms with Crippen LogP contribution >= 0.6 is 0 Å². The molecular weight excluding hydrogens is 510 g/mol. The first-order valence-corrected chi connectivity index (χ1v) is 15.0. The molecule has 3 aliphatic carbocycles. The zero-order chi connectivity index (χ0) is 28.8. The Kier molecular flexibility index (Phi) is 6.81. The van der Waals surface area contributed by atoms with Gasteiger partial charge in [0.25, 0.3) is 0 Å². The van der Waals surface area contributed by atoms with Crippen LogP contribution in [0.2, 0.25) is 0 Å². The van der Waals surface area contributed by atoms with Gasteiger partial charge in [-0.25, -0.2) is 0 Å². The van der Waals surface area contributed by atoms with Crippen LogP contribution in [0, 0.1) is 46.8 Å². The molecule has 40 heavy (non-hydrogen) atoms. The van der Waals surface area contributed by atoms with E-state index in [-0.39, 0.29) is 30.4 Å². The number of carbonyl (C=O) groups is 3. The average molecular weight is 554 g/mol. The van der Waals surface area contributed by atoms with Gasteiger partial charge in [-0.15, -0.1) is 0 Å². The molecule has 3 N–H and O–H groups in total. The number of Topliss-reactive ketones (excluding diaryl/α,β-unsaturated/α-hetero) is 2. The van der Waals surface area contributed by atoms with Crippen LogP contribution in [0.15, 0.2) is 34.4 Å². The minimum absolute atomic E-state index is 0.0529. The molecule has 0 aromatic carbocycles. The molecule has 0 unspecified atom stereocenters. The van der Waals surface area contributed by atoms with Crippen molar-refractivity contribution in [2.75, 3.05) is 6.61 Å². The van der Waals surface area contributed by atoms with Gasteiger partial charge in [-0.05, 0) is 57.4 Å². The van der Waals surface area contributed by atoms with Crippen molar-refractivity contribution in [3.63, 3.8) is 0 Å². The maximum absolute atomic E-state index is 15.3. The Balaban J connectivity index is 1.59. The van der Waals surface area contributed by atoms with E-state index in [1.54, 1.807) is 0 Å². The number of ketones is 2. The number of amides is 1. The molecule has 2 saturated heterocycles. The highest BCUT2D eigenvalue weighted by atomic mass is 16.7. The quantitative estimate of drug-likeness (QED) is 0.355. The Morgan fingerprint density at radius 3 is 2.52 bits per heavy atom.